The summed E-state index contributed by atoms with van der Waals surface area (Å²) in [7, 11) is 4.71. The SMILES string of the molecule is CC1CCC[N+](C)(C)C1(C)C.[I-]. The second-order valence-corrected chi connectivity index (χ2v) is 5.11. The van der Waals surface area contributed by atoms with Gasteiger partial charge in [0.15, 0.2) is 0 Å². The van der Waals surface area contributed by atoms with Gasteiger partial charge in [-0.05, 0) is 26.7 Å². The van der Waals surface area contributed by atoms with Gasteiger partial charge in [-0.15, -0.1) is 0 Å². The van der Waals surface area contributed by atoms with E-state index in [9.17, 15) is 0 Å². The van der Waals surface area contributed by atoms with Crippen LogP contribution in [0.4, 0.5) is 0 Å². The van der Waals surface area contributed by atoms with Crippen molar-refractivity contribution in [3.63, 3.8) is 0 Å². The fraction of sp³-hybridized carbons (Fsp3) is 1.00. The number of likely N-dealkylation sites (tertiary alicyclic amines) is 1. The zero-order valence-electron chi connectivity index (χ0n) is 9.02. The molecule has 0 saturated carbocycles. The predicted molar refractivity (Wildman–Crippen MR) is 49.5 cm³/mol. The van der Waals surface area contributed by atoms with E-state index in [4.69, 9.17) is 0 Å². The Balaban J connectivity index is 0.00000121. The largest absolute Gasteiger partial charge is 1.00 e. The van der Waals surface area contributed by atoms with E-state index < -0.39 is 0 Å². The fourth-order valence-corrected chi connectivity index (χ4v) is 2.03. The Morgan fingerprint density at radius 1 is 1.25 bits per heavy atom. The van der Waals surface area contributed by atoms with E-state index >= 15 is 0 Å². The Hall–Kier alpha value is 0.690. The first-order chi connectivity index (χ1) is 4.88. The minimum atomic E-state index is 0. The standard InChI is InChI=1S/C10H22N.HI/c1-9-7-6-8-11(4,5)10(9,2)3;/h9H,6-8H2,1-5H3;1H/q+1;/p-1. The molecule has 1 nitrogen and oxygen atoms in total. The third-order valence-corrected chi connectivity index (χ3v) is 4.12. The first-order valence-corrected chi connectivity index (χ1v) is 4.71. The molecule has 0 amide bonds. The highest BCUT2D eigenvalue weighted by molar-refractivity contribution is 4.79. The number of halogens is 1. The van der Waals surface area contributed by atoms with Crippen molar-refractivity contribution < 1.29 is 28.5 Å². The lowest BCUT2D eigenvalue weighted by molar-refractivity contribution is -0.947. The van der Waals surface area contributed by atoms with E-state index in [0.717, 1.165) is 5.92 Å². The Morgan fingerprint density at radius 2 is 1.75 bits per heavy atom. The molecule has 0 radical (unpaired) electrons. The first-order valence-electron chi connectivity index (χ1n) is 4.71. The topological polar surface area (TPSA) is 0 Å². The maximum atomic E-state index is 2.40. The van der Waals surface area contributed by atoms with Crippen LogP contribution in [0.15, 0.2) is 0 Å². The van der Waals surface area contributed by atoms with Gasteiger partial charge in [-0.25, -0.2) is 0 Å². The number of piperidine rings is 1. The van der Waals surface area contributed by atoms with Crippen molar-refractivity contribution in [1.29, 1.82) is 0 Å². The fourth-order valence-electron chi connectivity index (χ4n) is 2.03. The molecular formula is C10H22IN. The monoisotopic (exact) mass is 283 g/mol. The molecule has 0 aromatic heterocycles. The lowest BCUT2D eigenvalue weighted by Crippen LogP contribution is -3.00. The average Bonchev–Trinajstić information content (AvgIpc) is 1.84. The molecule has 1 fully saturated rings. The zero-order chi connectivity index (χ0) is 8.70. The Morgan fingerprint density at radius 3 is 2.08 bits per heavy atom. The minimum Gasteiger partial charge on any atom is -1.00 e. The summed E-state index contributed by atoms with van der Waals surface area (Å²) >= 11 is 0. The summed E-state index contributed by atoms with van der Waals surface area (Å²) in [5.41, 5.74) is 0.470. The van der Waals surface area contributed by atoms with Crippen LogP contribution in [0.3, 0.4) is 0 Å². The van der Waals surface area contributed by atoms with Crippen molar-refractivity contribution >= 4 is 0 Å². The van der Waals surface area contributed by atoms with E-state index in [0.29, 0.717) is 5.54 Å². The van der Waals surface area contributed by atoms with Crippen LogP contribution < -0.4 is 24.0 Å². The van der Waals surface area contributed by atoms with Crippen molar-refractivity contribution in [1.82, 2.24) is 0 Å². The average molecular weight is 283 g/mol. The summed E-state index contributed by atoms with van der Waals surface area (Å²) in [6.07, 6.45) is 2.81. The van der Waals surface area contributed by atoms with Crippen LogP contribution in [0.5, 0.6) is 0 Å². The van der Waals surface area contributed by atoms with E-state index in [2.05, 4.69) is 34.9 Å². The number of rotatable bonds is 0. The zero-order valence-corrected chi connectivity index (χ0v) is 11.2. The number of hydrogen-bond donors (Lipinski definition) is 0. The van der Waals surface area contributed by atoms with Gasteiger partial charge in [0.1, 0.15) is 0 Å². The molecule has 74 valence electrons. The molecular weight excluding hydrogens is 261 g/mol. The summed E-state index contributed by atoms with van der Waals surface area (Å²) in [4.78, 5) is 0. The molecule has 0 spiro atoms. The Kier molecular flexibility index (Phi) is 4.04. The van der Waals surface area contributed by atoms with Crippen LogP contribution in [-0.4, -0.2) is 30.7 Å². The summed E-state index contributed by atoms with van der Waals surface area (Å²) in [5, 5.41) is 0. The maximum absolute atomic E-state index is 2.40. The molecule has 12 heavy (non-hydrogen) atoms. The maximum Gasteiger partial charge on any atom is 0.0957 e. The number of quaternary nitrogens is 1. The first kappa shape index (κ1) is 12.7. The molecule has 1 aliphatic rings. The molecule has 1 aliphatic heterocycles. The molecule has 1 unspecified atom stereocenters. The van der Waals surface area contributed by atoms with E-state index in [1.807, 2.05) is 0 Å². The summed E-state index contributed by atoms with van der Waals surface area (Å²) < 4.78 is 1.19. The third kappa shape index (κ3) is 1.95. The predicted octanol–water partition coefficient (Wildman–Crippen LogP) is -0.725. The number of hydrogen-bond acceptors (Lipinski definition) is 0. The lowest BCUT2D eigenvalue weighted by Gasteiger charge is -2.51. The van der Waals surface area contributed by atoms with Gasteiger partial charge in [0.2, 0.25) is 0 Å². The quantitative estimate of drug-likeness (QED) is 0.406. The van der Waals surface area contributed by atoms with E-state index in [1.165, 1.54) is 23.9 Å². The van der Waals surface area contributed by atoms with E-state index in [1.54, 1.807) is 0 Å². The second-order valence-electron chi connectivity index (χ2n) is 5.11. The Bertz CT molecular complexity index is 152. The molecule has 0 aliphatic carbocycles. The van der Waals surface area contributed by atoms with Crippen LogP contribution in [0, 0.1) is 5.92 Å². The van der Waals surface area contributed by atoms with Crippen LogP contribution in [-0.2, 0) is 0 Å². The summed E-state index contributed by atoms with van der Waals surface area (Å²) in [6, 6.07) is 0. The second kappa shape index (κ2) is 3.82. The number of nitrogens with zero attached hydrogens (tertiary/aromatic N) is 1. The molecule has 0 bridgehead atoms. The molecule has 1 saturated heterocycles. The highest BCUT2D eigenvalue weighted by Gasteiger charge is 2.43. The van der Waals surface area contributed by atoms with Crippen molar-refractivity contribution in [2.75, 3.05) is 20.6 Å². The molecule has 2 heteroatoms. The molecule has 1 atom stereocenters. The van der Waals surface area contributed by atoms with Crippen LogP contribution in [0.2, 0.25) is 0 Å². The van der Waals surface area contributed by atoms with Crippen molar-refractivity contribution in [2.24, 2.45) is 5.92 Å². The third-order valence-electron chi connectivity index (χ3n) is 4.12. The van der Waals surface area contributed by atoms with Gasteiger partial charge in [-0.1, -0.05) is 6.92 Å². The molecule has 0 aromatic rings. The van der Waals surface area contributed by atoms with Gasteiger partial charge >= 0.3 is 0 Å². The summed E-state index contributed by atoms with van der Waals surface area (Å²) in [6.45, 7) is 8.53. The van der Waals surface area contributed by atoms with Gasteiger partial charge in [0.25, 0.3) is 0 Å². The summed E-state index contributed by atoms with van der Waals surface area (Å²) in [5.74, 6) is 0.867. The van der Waals surface area contributed by atoms with Crippen molar-refractivity contribution in [2.45, 2.75) is 39.2 Å². The van der Waals surface area contributed by atoms with Crippen LogP contribution in [0.1, 0.15) is 33.6 Å². The van der Waals surface area contributed by atoms with Crippen molar-refractivity contribution in [3.05, 3.63) is 0 Å². The van der Waals surface area contributed by atoms with Gasteiger partial charge in [-0.2, -0.15) is 0 Å². The van der Waals surface area contributed by atoms with Crippen molar-refractivity contribution in [3.8, 4) is 0 Å². The molecule has 1 heterocycles. The Labute approximate surface area is 94.1 Å². The van der Waals surface area contributed by atoms with Gasteiger partial charge in [-0.3, -0.25) is 0 Å². The van der Waals surface area contributed by atoms with Crippen LogP contribution >= 0.6 is 0 Å². The molecule has 0 N–H and O–H groups in total. The smallest absolute Gasteiger partial charge is 0.0957 e. The minimum absolute atomic E-state index is 0. The van der Waals surface area contributed by atoms with Gasteiger partial charge in [0, 0.05) is 5.92 Å². The highest BCUT2D eigenvalue weighted by Crippen LogP contribution is 2.36. The molecule has 1 rings (SSSR count). The van der Waals surface area contributed by atoms with Gasteiger partial charge < -0.3 is 28.5 Å². The normalized spacial score (nSPS) is 32.2. The molecule has 0 aromatic carbocycles. The lowest BCUT2D eigenvalue weighted by atomic mass is 9.79. The van der Waals surface area contributed by atoms with Crippen LogP contribution in [0.25, 0.3) is 0 Å². The highest BCUT2D eigenvalue weighted by atomic mass is 127. The van der Waals surface area contributed by atoms with Gasteiger partial charge in [0.05, 0.1) is 26.2 Å². The van der Waals surface area contributed by atoms with E-state index in [-0.39, 0.29) is 24.0 Å².